The maximum Gasteiger partial charge on any atom is 0.0576 e. The number of aliphatic hydroxyl groups is 1. The molecule has 2 nitrogen and oxygen atoms in total. The summed E-state index contributed by atoms with van der Waals surface area (Å²) < 4.78 is 5.55. The molecule has 2 atom stereocenters. The molecule has 0 amide bonds. The Balaban J connectivity index is 3.54. The summed E-state index contributed by atoms with van der Waals surface area (Å²) in [5.41, 5.74) is 0. The van der Waals surface area contributed by atoms with Crippen molar-refractivity contribution >= 4 is 0 Å². The number of hydrogen-bond donors (Lipinski definition) is 1. The molecule has 0 aliphatic carbocycles. The summed E-state index contributed by atoms with van der Waals surface area (Å²) in [6.07, 6.45) is 1.36. The molecule has 0 aliphatic rings. The third-order valence-corrected chi connectivity index (χ3v) is 1.87. The predicted molar refractivity (Wildman–Crippen MR) is 46.5 cm³/mol. The van der Waals surface area contributed by atoms with E-state index in [1.54, 1.807) is 0 Å². The normalized spacial score (nSPS) is 16.9. The molecule has 0 aromatic carbocycles. The van der Waals surface area contributed by atoms with E-state index in [9.17, 15) is 0 Å². The second kappa shape index (κ2) is 5.56. The molecule has 0 aliphatic heterocycles. The van der Waals surface area contributed by atoms with Crippen LogP contribution in [0.2, 0.25) is 0 Å². The molecule has 0 aromatic heterocycles. The number of ether oxygens (including phenoxy) is 1. The van der Waals surface area contributed by atoms with E-state index in [4.69, 9.17) is 9.84 Å². The smallest absolute Gasteiger partial charge is 0.0576 e. The summed E-state index contributed by atoms with van der Waals surface area (Å²) in [5, 5.41) is 8.66. The summed E-state index contributed by atoms with van der Waals surface area (Å²) in [6, 6.07) is 0. The van der Waals surface area contributed by atoms with Crippen LogP contribution < -0.4 is 0 Å². The number of aliphatic hydroxyl groups excluding tert-OH is 1. The van der Waals surface area contributed by atoms with Crippen LogP contribution in [0.5, 0.6) is 0 Å². The molecule has 0 radical (unpaired) electrons. The van der Waals surface area contributed by atoms with Crippen molar-refractivity contribution in [1.29, 1.82) is 0 Å². The third kappa shape index (κ3) is 5.22. The predicted octanol–water partition coefficient (Wildman–Crippen LogP) is 1.82. The fraction of sp³-hybridized carbons (Fsp3) is 1.00. The monoisotopic (exact) mass is 160 g/mol. The molecule has 0 spiro atoms. The Kier molecular flexibility index (Phi) is 5.51. The molecular weight excluding hydrogens is 140 g/mol. The Bertz CT molecular complexity index is 91.6. The molecule has 0 rings (SSSR count). The SMILES string of the molecule is CC(C)O[C@@H](C)[C@H](C)CCO. The minimum atomic E-state index is 0.252. The molecule has 1 N–H and O–H groups in total. The van der Waals surface area contributed by atoms with E-state index in [0.29, 0.717) is 5.92 Å². The van der Waals surface area contributed by atoms with Gasteiger partial charge in [0.2, 0.25) is 0 Å². The lowest BCUT2D eigenvalue weighted by Crippen LogP contribution is -2.22. The van der Waals surface area contributed by atoms with Crippen LogP contribution in [0.3, 0.4) is 0 Å². The highest BCUT2D eigenvalue weighted by molar-refractivity contribution is 4.61. The highest BCUT2D eigenvalue weighted by Crippen LogP contribution is 2.12. The first-order chi connectivity index (χ1) is 5.07. The fourth-order valence-corrected chi connectivity index (χ4v) is 1.00. The van der Waals surface area contributed by atoms with Gasteiger partial charge in [-0.2, -0.15) is 0 Å². The molecule has 0 unspecified atom stereocenters. The van der Waals surface area contributed by atoms with E-state index in [1.165, 1.54) is 0 Å². The Morgan fingerprint density at radius 2 is 1.73 bits per heavy atom. The van der Waals surface area contributed by atoms with Crippen LogP contribution >= 0.6 is 0 Å². The Hall–Kier alpha value is -0.0800. The van der Waals surface area contributed by atoms with Gasteiger partial charge in [-0.15, -0.1) is 0 Å². The van der Waals surface area contributed by atoms with Crippen molar-refractivity contribution in [3.8, 4) is 0 Å². The number of rotatable bonds is 5. The van der Waals surface area contributed by atoms with Crippen molar-refractivity contribution in [2.24, 2.45) is 5.92 Å². The molecule has 11 heavy (non-hydrogen) atoms. The molecule has 0 fully saturated rings. The van der Waals surface area contributed by atoms with Gasteiger partial charge in [-0.25, -0.2) is 0 Å². The quantitative estimate of drug-likeness (QED) is 0.664. The van der Waals surface area contributed by atoms with Gasteiger partial charge in [0.25, 0.3) is 0 Å². The standard InChI is InChI=1S/C9H20O2/c1-7(2)11-9(4)8(3)5-6-10/h7-10H,5-6H2,1-4H3/t8-,9+/m1/s1. The zero-order valence-corrected chi connectivity index (χ0v) is 8.00. The number of hydrogen-bond acceptors (Lipinski definition) is 2. The highest BCUT2D eigenvalue weighted by Gasteiger charge is 2.12. The van der Waals surface area contributed by atoms with Crippen molar-refractivity contribution in [3.63, 3.8) is 0 Å². The Labute approximate surface area is 69.6 Å². The van der Waals surface area contributed by atoms with E-state index < -0.39 is 0 Å². The van der Waals surface area contributed by atoms with Gasteiger partial charge < -0.3 is 9.84 Å². The molecule has 2 heteroatoms. The lowest BCUT2D eigenvalue weighted by Gasteiger charge is -2.21. The summed E-state index contributed by atoms with van der Waals surface area (Å²) in [4.78, 5) is 0. The van der Waals surface area contributed by atoms with Gasteiger partial charge in [-0.3, -0.25) is 0 Å². The largest absolute Gasteiger partial charge is 0.396 e. The highest BCUT2D eigenvalue weighted by atomic mass is 16.5. The minimum absolute atomic E-state index is 0.252. The van der Waals surface area contributed by atoms with Gasteiger partial charge in [0.15, 0.2) is 0 Å². The summed E-state index contributed by atoms with van der Waals surface area (Å²) in [5.74, 6) is 0.447. The van der Waals surface area contributed by atoms with Gasteiger partial charge in [0.05, 0.1) is 12.2 Å². The average molecular weight is 160 g/mol. The molecule has 0 aromatic rings. The minimum Gasteiger partial charge on any atom is -0.396 e. The zero-order valence-electron chi connectivity index (χ0n) is 8.00. The van der Waals surface area contributed by atoms with Crippen molar-refractivity contribution in [1.82, 2.24) is 0 Å². The maximum absolute atomic E-state index is 8.66. The van der Waals surface area contributed by atoms with Gasteiger partial charge >= 0.3 is 0 Å². The van der Waals surface area contributed by atoms with Gasteiger partial charge in [-0.1, -0.05) is 6.92 Å². The Morgan fingerprint density at radius 1 is 1.18 bits per heavy atom. The molecule has 0 heterocycles. The van der Waals surface area contributed by atoms with E-state index in [1.807, 2.05) is 13.8 Å². The van der Waals surface area contributed by atoms with Crippen LogP contribution in [0.25, 0.3) is 0 Å². The lowest BCUT2D eigenvalue weighted by atomic mass is 10.0. The van der Waals surface area contributed by atoms with Crippen LogP contribution in [0, 0.1) is 5.92 Å². The van der Waals surface area contributed by atoms with E-state index in [-0.39, 0.29) is 18.8 Å². The van der Waals surface area contributed by atoms with Gasteiger partial charge in [0, 0.05) is 6.61 Å². The second-order valence-electron chi connectivity index (χ2n) is 3.38. The van der Waals surface area contributed by atoms with Crippen LogP contribution in [0.15, 0.2) is 0 Å². The Morgan fingerprint density at radius 3 is 2.09 bits per heavy atom. The molecule has 0 bridgehead atoms. The van der Waals surface area contributed by atoms with Crippen molar-refractivity contribution in [2.75, 3.05) is 6.61 Å². The van der Waals surface area contributed by atoms with Crippen LogP contribution in [-0.4, -0.2) is 23.9 Å². The summed E-state index contributed by atoms with van der Waals surface area (Å²) in [7, 11) is 0. The first-order valence-corrected chi connectivity index (χ1v) is 4.34. The first kappa shape index (κ1) is 10.9. The van der Waals surface area contributed by atoms with Crippen molar-refractivity contribution in [2.45, 2.75) is 46.3 Å². The van der Waals surface area contributed by atoms with Crippen LogP contribution in [-0.2, 0) is 4.74 Å². The summed E-state index contributed by atoms with van der Waals surface area (Å²) in [6.45, 7) is 8.47. The fourth-order valence-electron chi connectivity index (χ4n) is 1.00. The average Bonchev–Trinajstić information content (AvgIpc) is 1.86. The first-order valence-electron chi connectivity index (χ1n) is 4.34. The molecule has 0 saturated carbocycles. The second-order valence-corrected chi connectivity index (χ2v) is 3.38. The molecule has 0 saturated heterocycles. The third-order valence-electron chi connectivity index (χ3n) is 1.87. The van der Waals surface area contributed by atoms with E-state index in [0.717, 1.165) is 6.42 Å². The van der Waals surface area contributed by atoms with E-state index in [2.05, 4.69) is 13.8 Å². The van der Waals surface area contributed by atoms with Gasteiger partial charge in [0.1, 0.15) is 0 Å². The molecule has 68 valence electrons. The van der Waals surface area contributed by atoms with E-state index >= 15 is 0 Å². The lowest BCUT2D eigenvalue weighted by molar-refractivity contribution is -0.0159. The van der Waals surface area contributed by atoms with Crippen molar-refractivity contribution < 1.29 is 9.84 Å². The van der Waals surface area contributed by atoms with Crippen molar-refractivity contribution in [3.05, 3.63) is 0 Å². The van der Waals surface area contributed by atoms with Crippen LogP contribution in [0.4, 0.5) is 0 Å². The van der Waals surface area contributed by atoms with Crippen LogP contribution in [0.1, 0.15) is 34.1 Å². The summed E-state index contributed by atoms with van der Waals surface area (Å²) >= 11 is 0. The molecular formula is C9H20O2. The van der Waals surface area contributed by atoms with Gasteiger partial charge in [-0.05, 0) is 33.1 Å². The topological polar surface area (TPSA) is 29.5 Å². The maximum atomic E-state index is 8.66. The zero-order chi connectivity index (χ0) is 8.85.